The zero-order valence-corrected chi connectivity index (χ0v) is 14.1. The Hall–Kier alpha value is -1.42. The van der Waals surface area contributed by atoms with E-state index in [9.17, 15) is 4.79 Å². The van der Waals surface area contributed by atoms with Gasteiger partial charge >= 0.3 is 0 Å². The molecular formula is C17H28N2O2. The minimum Gasteiger partial charge on any atom is -0.496 e. The second-order valence-electron chi connectivity index (χ2n) is 6.99. The van der Waals surface area contributed by atoms with Crippen LogP contribution in [0.4, 0.5) is 0 Å². The van der Waals surface area contributed by atoms with E-state index in [2.05, 4.69) is 25.8 Å². The molecule has 0 aliphatic rings. The van der Waals surface area contributed by atoms with Crippen molar-refractivity contribution in [1.29, 1.82) is 0 Å². The zero-order chi connectivity index (χ0) is 16.2. The van der Waals surface area contributed by atoms with Gasteiger partial charge in [-0.05, 0) is 25.7 Å². The van der Waals surface area contributed by atoms with Crippen molar-refractivity contribution in [3.63, 3.8) is 0 Å². The quantitative estimate of drug-likeness (QED) is 0.875. The van der Waals surface area contributed by atoms with Crippen molar-refractivity contribution in [3.05, 3.63) is 23.0 Å². The summed E-state index contributed by atoms with van der Waals surface area (Å²) in [5.74, 6) is 0.944. The average molecular weight is 292 g/mol. The molecule has 21 heavy (non-hydrogen) atoms. The molecule has 1 unspecified atom stereocenters. The van der Waals surface area contributed by atoms with Crippen LogP contribution in [-0.4, -0.2) is 23.9 Å². The van der Waals surface area contributed by atoms with E-state index in [4.69, 9.17) is 10.5 Å². The van der Waals surface area contributed by atoms with Crippen LogP contribution in [0.2, 0.25) is 0 Å². The highest BCUT2D eigenvalue weighted by atomic mass is 16.5. The van der Waals surface area contributed by atoms with Gasteiger partial charge in [-0.1, -0.05) is 20.8 Å². The molecule has 4 nitrogen and oxygen atoms in total. The van der Waals surface area contributed by atoms with Gasteiger partial charge < -0.3 is 10.5 Å². The molecule has 1 aromatic heterocycles. The van der Waals surface area contributed by atoms with Gasteiger partial charge in [0.2, 0.25) is 0 Å². The molecule has 118 valence electrons. The normalized spacial score (nSPS) is 13.1. The van der Waals surface area contributed by atoms with Crippen LogP contribution in [0.1, 0.15) is 50.4 Å². The summed E-state index contributed by atoms with van der Waals surface area (Å²) in [5, 5.41) is 0. The van der Waals surface area contributed by atoms with Gasteiger partial charge in [0.25, 0.3) is 0 Å². The number of carbonyl (C=O) groups excluding carboxylic acids is 1. The van der Waals surface area contributed by atoms with Crippen molar-refractivity contribution in [2.24, 2.45) is 11.1 Å². The summed E-state index contributed by atoms with van der Waals surface area (Å²) in [7, 11) is 1.64. The molecule has 0 radical (unpaired) electrons. The van der Waals surface area contributed by atoms with Gasteiger partial charge in [0.1, 0.15) is 11.5 Å². The molecule has 0 fully saturated rings. The highest BCUT2D eigenvalue weighted by molar-refractivity contribution is 5.81. The number of rotatable bonds is 6. The fourth-order valence-electron chi connectivity index (χ4n) is 2.66. The molecule has 2 N–H and O–H groups in total. The van der Waals surface area contributed by atoms with Crippen LogP contribution in [-0.2, 0) is 11.2 Å². The average Bonchev–Trinajstić information content (AvgIpc) is 2.31. The SMILES string of the molecule is COc1c(C)cnc(CC(=O)CC(N)CC(C)(C)C)c1C. The summed E-state index contributed by atoms with van der Waals surface area (Å²) in [6.45, 7) is 10.3. The Morgan fingerprint density at radius 1 is 1.38 bits per heavy atom. The topological polar surface area (TPSA) is 65.2 Å². The fourth-order valence-corrected chi connectivity index (χ4v) is 2.66. The van der Waals surface area contributed by atoms with E-state index in [1.54, 1.807) is 13.3 Å². The molecule has 1 rings (SSSR count). The predicted octanol–water partition coefficient (Wildman–Crippen LogP) is 2.97. The molecule has 0 aliphatic carbocycles. The van der Waals surface area contributed by atoms with E-state index in [-0.39, 0.29) is 17.2 Å². The van der Waals surface area contributed by atoms with Crippen LogP contribution < -0.4 is 10.5 Å². The van der Waals surface area contributed by atoms with Crippen LogP contribution >= 0.6 is 0 Å². The van der Waals surface area contributed by atoms with E-state index < -0.39 is 0 Å². The Labute approximate surface area is 128 Å². The van der Waals surface area contributed by atoms with Crippen molar-refractivity contribution >= 4 is 5.78 Å². The van der Waals surface area contributed by atoms with Crippen LogP contribution in [0, 0.1) is 19.3 Å². The second kappa shape index (κ2) is 7.03. The first-order valence-corrected chi connectivity index (χ1v) is 7.40. The summed E-state index contributed by atoms with van der Waals surface area (Å²) in [4.78, 5) is 16.6. The van der Waals surface area contributed by atoms with Crippen molar-refractivity contribution in [1.82, 2.24) is 4.98 Å². The Bertz CT molecular complexity index is 504. The van der Waals surface area contributed by atoms with Crippen LogP contribution in [0.15, 0.2) is 6.20 Å². The van der Waals surface area contributed by atoms with Gasteiger partial charge in [0.05, 0.1) is 12.8 Å². The Morgan fingerprint density at radius 2 is 2.00 bits per heavy atom. The highest BCUT2D eigenvalue weighted by Crippen LogP contribution is 2.25. The Balaban J connectivity index is 2.72. The van der Waals surface area contributed by atoms with Gasteiger partial charge in [0, 0.05) is 36.2 Å². The van der Waals surface area contributed by atoms with E-state index in [1.807, 2.05) is 13.8 Å². The minimum absolute atomic E-state index is 0.0925. The third-order valence-corrected chi connectivity index (χ3v) is 3.48. The number of methoxy groups -OCH3 is 1. The molecule has 1 heterocycles. The molecule has 1 aromatic rings. The number of pyridine rings is 1. The lowest BCUT2D eigenvalue weighted by atomic mass is 9.86. The van der Waals surface area contributed by atoms with Crippen LogP contribution in [0.5, 0.6) is 5.75 Å². The summed E-state index contributed by atoms with van der Waals surface area (Å²) in [6, 6.07) is -0.0925. The third-order valence-electron chi connectivity index (χ3n) is 3.48. The standard InChI is InChI=1S/C17H28N2O2/c1-11-10-19-15(12(2)16(11)21-6)8-14(20)7-13(18)9-17(3,4)5/h10,13H,7-9,18H2,1-6H3. The number of nitrogens with zero attached hydrogens (tertiary/aromatic N) is 1. The van der Waals surface area contributed by atoms with Crippen molar-refractivity contribution in [3.8, 4) is 5.75 Å². The van der Waals surface area contributed by atoms with Gasteiger partial charge in [-0.2, -0.15) is 0 Å². The Morgan fingerprint density at radius 3 is 2.52 bits per heavy atom. The van der Waals surface area contributed by atoms with Crippen molar-refractivity contribution in [2.45, 2.75) is 59.9 Å². The second-order valence-corrected chi connectivity index (χ2v) is 6.99. The van der Waals surface area contributed by atoms with Gasteiger partial charge in [0.15, 0.2) is 0 Å². The largest absolute Gasteiger partial charge is 0.496 e. The number of aryl methyl sites for hydroxylation is 1. The first kappa shape index (κ1) is 17.6. The summed E-state index contributed by atoms with van der Waals surface area (Å²) in [6.07, 6.45) is 3.31. The Kier molecular flexibility index (Phi) is 5.90. The number of ether oxygens (including phenoxy) is 1. The predicted molar refractivity (Wildman–Crippen MR) is 85.6 cm³/mol. The molecule has 0 aliphatic heterocycles. The summed E-state index contributed by atoms with van der Waals surface area (Å²) in [5.41, 5.74) is 8.91. The molecule has 0 saturated heterocycles. The van der Waals surface area contributed by atoms with E-state index in [1.165, 1.54) is 0 Å². The number of hydrogen-bond donors (Lipinski definition) is 1. The number of nitrogens with two attached hydrogens (primary N) is 1. The van der Waals surface area contributed by atoms with Crippen molar-refractivity contribution < 1.29 is 9.53 Å². The minimum atomic E-state index is -0.0925. The van der Waals surface area contributed by atoms with Gasteiger partial charge in [-0.15, -0.1) is 0 Å². The van der Waals surface area contributed by atoms with Gasteiger partial charge in [-0.3, -0.25) is 9.78 Å². The fraction of sp³-hybridized carbons (Fsp3) is 0.647. The van der Waals surface area contributed by atoms with Crippen molar-refractivity contribution in [2.75, 3.05) is 7.11 Å². The van der Waals surface area contributed by atoms with Gasteiger partial charge in [-0.25, -0.2) is 0 Å². The van der Waals surface area contributed by atoms with Crippen LogP contribution in [0.3, 0.4) is 0 Å². The molecule has 0 amide bonds. The lowest BCUT2D eigenvalue weighted by Crippen LogP contribution is -2.29. The molecule has 0 spiro atoms. The van der Waals surface area contributed by atoms with Crippen LogP contribution in [0.25, 0.3) is 0 Å². The van der Waals surface area contributed by atoms with E-state index in [0.29, 0.717) is 12.8 Å². The van der Waals surface area contributed by atoms with E-state index >= 15 is 0 Å². The number of ketones is 1. The maximum atomic E-state index is 12.2. The number of carbonyl (C=O) groups is 1. The third kappa shape index (κ3) is 5.46. The van der Waals surface area contributed by atoms with E-state index in [0.717, 1.165) is 29.0 Å². The number of aromatic nitrogens is 1. The summed E-state index contributed by atoms with van der Waals surface area (Å²) < 4.78 is 5.37. The molecule has 0 saturated carbocycles. The first-order valence-electron chi connectivity index (χ1n) is 7.40. The lowest BCUT2D eigenvalue weighted by molar-refractivity contribution is -0.118. The lowest BCUT2D eigenvalue weighted by Gasteiger charge is -2.22. The molecular weight excluding hydrogens is 264 g/mol. The maximum Gasteiger partial charge on any atom is 0.140 e. The molecule has 0 bridgehead atoms. The zero-order valence-electron chi connectivity index (χ0n) is 14.1. The smallest absolute Gasteiger partial charge is 0.140 e. The maximum absolute atomic E-state index is 12.2. The monoisotopic (exact) mass is 292 g/mol. The first-order chi connectivity index (χ1) is 9.64. The number of hydrogen-bond acceptors (Lipinski definition) is 4. The molecule has 1 atom stereocenters. The highest BCUT2D eigenvalue weighted by Gasteiger charge is 2.19. The summed E-state index contributed by atoms with van der Waals surface area (Å²) >= 11 is 0. The molecule has 4 heteroatoms. The molecule has 0 aromatic carbocycles. The number of Topliss-reactive ketones (excluding diaryl/α,β-unsaturated/α-hetero) is 1.